The van der Waals surface area contributed by atoms with Crippen molar-refractivity contribution in [1.29, 1.82) is 0 Å². The zero-order valence-electron chi connectivity index (χ0n) is 10.2. The lowest BCUT2D eigenvalue weighted by Gasteiger charge is -2.15. The minimum Gasteiger partial charge on any atom is -0.480 e. The Bertz CT molecular complexity index is 417. The van der Waals surface area contributed by atoms with Crippen LogP contribution >= 0.6 is 0 Å². The van der Waals surface area contributed by atoms with E-state index in [1.165, 1.54) is 12.1 Å². The Hall–Kier alpha value is -1.76. The highest BCUT2D eigenvalue weighted by molar-refractivity contribution is 5.75. The number of carbonyl (C=O) groups is 1. The van der Waals surface area contributed by atoms with Crippen molar-refractivity contribution >= 4 is 5.97 Å². The number of carboxylic acid groups (broad SMARTS) is 1. The molecule has 0 fully saturated rings. The third kappa shape index (κ3) is 5.17. The van der Waals surface area contributed by atoms with Crippen molar-refractivity contribution in [3.63, 3.8) is 0 Å². The van der Waals surface area contributed by atoms with Gasteiger partial charge in [-0.25, -0.2) is 0 Å². The molecule has 0 amide bonds. The van der Waals surface area contributed by atoms with Gasteiger partial charge in [-0.2, -0.15) is 0 Å². The second-order valence-electron chi connectivity index (χ2n) is 3.84. The van der Waals surface area contributed by atoms with Crippen molar-refractivity contribution in [2.45, 2.75) is 25.7 Å². The topological polar surface area (TPSA) is 58.6 Å². The van der Waals surface area contributed by atoms with Crippen LogP contribution in [0.5, 0.6) is 5.75 Å². The van der Waals surface area contributed by atoms with Gasteiger partial charge in [0.2, 0.25) is 0 Å². The van der Waals surface area contributed by atoms with Crippen LogP contribution in [0.1, 0.15) is 24.9 Å². The smallest absolute Gasteiger partial charge is 0.480 e. The van der Waals surface area contributed by atoms with Crippen LogP contribution in [0, 0.1) is 0 Å². The maximum Gasteiger partial charge on any atom is 0.573 e. The number of rotatable bonds is 6. The SMILES string of the molecule is CCCNC(C(=O)O)c1ccc(OC(F)(F)F)cc1. The molecule has 4 nitrogen and oxygen atoms in total. The summed E-state index contributed by atoms with van der Waals surface area (Å²) in [6.07, 6.45) is -4.01. The van der Waals surface area contributed by atoms with E-state index in [9.17, 15) is 18.0 Å². The Morgan fingerprint density at radius 1 is 1.37 bits per heavy atom. The van der Waals surface area contributed by atoms with Crippen LogP contribution in [0.2, 0.25) is 0 Å². The fourth-order valence-electron chi connectivity index (χ4n) is 1.50. The second kappa shape index (κ2) is 6.42. The van der Waals surface area contributed by atoms with Gasteiger partial charge in [0, 0.05) is 0 Å². The zero-order valence-corrected chi connectivity index (χ0v) is 10.2. The predicted molar refractivity (Wildman–Crippen MR) is 61.8 cm³/mol. The van der Waals surface area contributed by atoms with Crippen LogP contribution in [0.3, 0.4) is 0 Å². The maximum absolute atomic E-state index is 12.0. The highest BCUT2D eigenvalue weighted by Gasteiger charge is 2.31. The molecule has 1 unspecified atom stereocenters. The first-order chi connectivity index (χ1) is 8.83. The maximum atomic E-state index is 12.0. The third-order valence-corrected chi connectivity index (χ3v) is 2.29. The van der Waals surface area contributed by atoms with Crippen LogP contribution < -0.4 is 10.1 Å². The standard InChI is InChI=1S/C12H14F3NO3/c1-2-7-16-10(11(17)18)8-3-5-9(6-4-8)19-12(13,14)15/h3-6,10,16H,2,7H2,1H3,(H,17,18). The van der Waals surface area contributed by atoms with Gasteiger partial charge >= 0.3 is 12.3 Å². The molecule has 0 saturated heterocycles. The molecule has 1 aromatic rings. The Morgan fingerprint density at radius 3 is 2.37 bits per heavy atom. The predicted octanol–water partition coefficient (Wildman–Crippen LogP) is 2.71. The minimum absolute atomic E-state index is 0.371. The highest BCUT2D eigenvalue weighted by atomic mass is 19.4. The molecule has 0 aromatic heterocycles. The molecule has 0 aliphatic heterocycles. The molecule has 0 saturated carbocycles. The highest BCUT2D eigenvalue weighted by Crippen LogP contribution is 2.24. The van der Waals surface area contributed by atoms with Gasteiger partial charge in [-0.05, 0) is 30.7 Å². The molecular formula is C12H14F3NO3. The van der Waals surface area contributed by atoms with Gasteiger partial charge in [-0.1, -0.05) is 19.1 Å². The van der Waals surface area contributed by atoms with E-state index < -0.39 is 18.4 Å². The fraction of sp³-hybridized carbons (Fsp3) is 0.417. The largest absolute Gasteiger partial charge is 0.573 e. The number of halogens is 3. The van der Waals surface area contributed by atoms with Crippen LogP contribution in [0.25, 0.3) is 0 Å². The van der Waals surface area contributed by atoms with Crippen LogP contribution in [-0.2, 0) is 4.79 Å². The number of nitrogens with one attached hydrogen (secondary N) is 1. The summed E-state index contributed by atoms with van der Waals surface area (Å²) in [5, 5.41) is 11.8. The first kappa shape index (κ1) is 15.3. The van der Waals surface area contributed by atoms with Crippen LogP contribution in [0.15, 0.2) is 24.3 Å². The molecular weight excluding hydrogens is 263 g/mol. The van der Waals surface area contributed by atoms with Crippen molar-refractivity contribution in [2.75, 3.05) is 6.54 Å². The average molecular weight is 277 g/mol. The van der Waals surface area contributed by atoms with Gasteiger partial charge < -0.3 is 15.2 Å². The Kier molecular flexibility index (Phi) is 5.17. The van der Waals surface area contributed by atoms with Gasteiger partial charge in [-0.15, -0.1) is 13.2 Å². The first-order valence-corrected chi connectivity index (χ1v) is 5.65. The Balaban J connectivity index is 2.80. The van der Waals surface area contributed by atoms with Crippen molar-refractivity contribution in [1.82, 2.24) is 5.32 Å². The normalized spacial score (nSPS) is 13.1. The summed E-state index contributed by atoms with van der Waals surface area (Å²) in [6.45, 7) is 2.38. The van der Waals surface area contributed by atoms with E-state index in [2.05, 4.69) is 10.1 Å². The molecule has 0 aliphatic carbocycles. The van der Waals surface area contributed by atoms with Gasteiger partial charge in [0.25, 0.3) is 0 Å². The number of aliphatic carboxylic acids is 1. The van der Waals surface area contributed by atoms with E-state index in [1.807, 2.05) is 6.92 Å². The van der Waals surface area contributed by atoms with Crippen molar-refractivity contribution in [3.05, 3.63) is 29.8 Å². The summed E-state index contributed by atoms with van der Waals surface area (Å²) in [4.78, 5) is 11.0. The number of carboxylic acids is 1. The average Bonchev–Trinajstić information content (AvgIpc) is 2.29. The summed E-state index contributed by atoms with van der Waals surface area (Å²) >= 11 is 0. The Morgan fingerprint density at radius 2 is 1.95 bits per heavy atom. The van der Waals surface area contributed by atoms with E-state index in [-0.39, 0.29) is 5.75 Å². The summed E-state index contributed by atoms with van der Waals surface area (Å²) < 4.78 is 39.6. The van der Waals surface area contributed by atoms with E-state index in [1.54, 1.807) is 0 Å². The lowest BCUT2D eigenvalue weighted by atomic mass is 10.1. The number of hydrogen-bond donors (Lipinski definition) is 2. The minimum atomic E-state index is -4.76. The lowest BCUT2D eigenvalue weighted by Crippen LogP contribution is -2.29. The molecule has 0 spiro atoms. The summed E-state index contributed by atoms with van der Waals surface area (Å²) in [7, 11) is 0. The molecule has 0 aliphatic rings. The molecule has 1 aromatic carbocycles. The zero-order chi connectivity index (χ0) is 14.5. The van der Waals surface area contributed by atoms with E-state index >= 15 is 0 Å². The molecule has 0 bridgehead atoms. The molecule has 0 radical (unpaired) electrons. The van der Waals surface area contributed by atoms with E-state index in [4.69, 9.17) is 5.11 Å². The molecule has 19 heavy (non-hydrogen) atoms. The van der Waals surface area contributed by atoms with Gasteiger partial charge in [0.15, 0.2) is 0 Å². The third-order valence-electron chi connectivity index (χ3n) is 2.29. The molecule has 1 atom stereocenters. The molecule has 2 N–H and O–H groups in total. The van der Waals surface area contributed by atoms with Crippen molar-refractivity contribution in [2.24, 2.45) is 0 Å². The van der Waals surface area contributed by atoms with Crippen LogP contribution in [-0.4, -0.2) is 24.0 Å². The summed E-state index contributed by atoms with van der Waals surface area (Å²) in [5.74, 6) is -1.46. The van der Waals surface area contributed by atoms with Gasteiger partial charge in [0.05, 0.1) is 0 Å². The van der Waals surface area contributed by atoms with E-state index in [0.29, 0.717) is 12.1 Å². The number of alkyl halides is 3. The Labute approximate surface area is 108 Å². The number of benzene rings is 1. The molecule has 0 heterocycles. The van der Waals surface area contributed by atoms with Crippen LogP contribution in [0.4, 0.5) is 13.2 Å². The fourth-order valence-corrected chi connectivity index (χ4v) is 1.50. The summed E-state index contributed by atoms with van der Waals surface area (Å²) in [5.41, 5.74) is 0.371. The van der Waals surface area contributed by atoms with Gasteiger partial charge in [-0.3, -0.25) is 4.79 Å². The molecule has 7 heteroatoms. The van der Waals surface area contributed by atoms with Gasteiger partial charge in [0.1, 0.15) is 11.8 Å². The molecule has 1 rings (SSSR count). The van der Waals surface area contributed by atoms with E-state index in [0.717, 1.165) is 18.6 Å². The van der Waals surface area contributed by atoms with Crippen molar-refractivity contribution < 1.29 is 27.8 Å². The number of ether oxygens (including phenoxy) is 1. The molecule has 106 valence electrons. The second-order valence-corrected chi connectivity index (χ2v) is 3.84. The lowest BCUT2D eigenvalue weighted by molar-refractivity contribution is -0.274. The summed E-state index contributed by atoms with van der Waals surface area (Å²) in [6, 6.07) is 3.82. The monoisotopic (exact) mass is 277 g/mol. The van der Waals surface area contributed by atoms with Crippen molar-refractivity contribution in [3.8, 4) is 5.75 Å². The number of hydrogen-bond acceptors (Lipinski definition) is 3. The quantitative estimate of drug-likeness (QED) is 0.839. The first-order valence-electron chi connectivity index (χ1n) is 5.65.